The number of halogens is 3. The van der Waals surface area contributed by atoms with Gasteiger partial charge in [-0.05, 0) is 71.5 Å². The van der Waals surface area contributed by atoms with Gasteiger partial charge in [-0.3, -0.25) is 19.9 Å². The number of benzene rings is 1. The molecule has 39 heavy (non-hydrogen) atoms. The van der Waals surface area contributed by atoms with Crippen LogP contribution in [0.5, 0.6) is 0 Å². The van der Waals surface area contributed by atoms with Gasteiger partial charge in [0.2, 0.25) is 11.9 Å². The lowest BCUT2D eigenvalue weighted by atomic mass is 10.1. The van der Waals surface area contributed by atoms with Crippen molar-refractivity contribution in [3.05, 3.63) is 65.0 Å². The second kappa shape index (κ2) is 11.6. The van der Waals surface area contributed by atoms with Gasteiger partial charge in [0.1, 0.15) is 0 Å². The maximum Gasteiger partial charge on any atom is 0.418 e. The molecule has 1 fully saturated rings. The number of amides is 2. The Labute approximate surface area is 225 Å². The molecule has 0 radical (unpaired) electrons. The SMILES string of the molecule is Cc1cc(C(=O)Nc2nc3cccc(C(F)(F)F)c3n2C2CCCCN(C(=O)/C=C/CN(C)C)C2)cc(C)n1. The maximum absolute atomic E-state index is 14.2. The maximum atomic E-state index is 14.2. The van der Waals surface area contributed by atoms with Gasteiger partial charge < -0.3 is 14.4 Å². The van der Waals surface area contributed by atoms with Crippen LogP contribution in [0, 0.1) is 13.8 Å². The van der Waals surface area contributed by atoms with Crippen LogP contribution in [-0.2, 0) is 11.0 Å². The van der Waals surface area contributed by atoms with Gasteiger partial charge in [-0.15, -0.1) is 0 Å². The van der Waals surface area contributed by atoms with E-state index >= 15 is 0 Å². The lowest BCUT2D eigenvalue weighted by Gasteiger charge is -2.27. The zero-order valence-corrected chi connectivity index (χ0v) is 22.5. The highest BCUT2D eigenvalue weighted by atomic mass is 19.4. The number of hydrogen-bond acceptors (Lipinski definition) is 5. The molecule has 1 aromatic carbocycles. The average molecular weight is 543 g/mol. The molecule has 2 amide bonds. The third-order valence-electron chi connectivity index (χ3n) is 6.64. The molecule has 0 bridgehead atoms. The summed E-state index contributed by atoms with van der Waals surface area (Å²) in [5.41, 5.74) is 0.802. The summed E-state index contributed by atoms with van der Waals surface area (Å²) in [6, 6.07) is 6.53. The number of pyridine rings is 1. The Morgan fingerprint density at radius 2 is 1.85 bits per heavy atom. The van der Waals surface area contributed by atoms with Gasteiger partial charge in [-0.25, -0.2) is 4.98 Å². The van der Waals surface area contributed by atoms with Gasteiger partial charge in [0.05, 0.1) is 22.6 Å². The molecule has 0 aliphatic carbocycles. The first kappa shape index (κ1) is 28.3. The Morgan fingerprint density at radius 3 is 2.51 bits per heavy atom. The molecule has 0 spiro atoms. The highest BCUT2D eigenvalue weighted by Gasteiger charge is 2.36. The van der Waals surface area contributed by atoms with Crippen molar-refractivity contribution in [2.45, 2.75) is 45.3 Å². The quantitative estimate of drug-likeness (QED) is 0.444. The number of alkyl halides is 3. The molecule has 208 valence electrons. The summed E-state index contributed by atoms with van der Waals surface area (Å²) in [5.74, 6) is -0.680. The van der Waals surface area contributed by atoms with Crippen LogP contribution in [0.15, 0.2) is 42.5 Å². The summed E-state index contributed by atoms with van der Waals surface area (Å²) < 4.78 is 44.0. The number of likely N-dealkylation sites (tertiary alicyclic amines) is 1. The molecule has 2 aromatic heterocycles. The van der Waals surface area contributed by atoms with Crippen LogP contribution in [0.1, 0.15) is 52.6 Å². The summed E-state index contributed by atoms with van der Waals surface area (Å²) in [7, 11) is 3.78. The minimum Gasteiger partial charge on any atom is -0.337 e. The Hall–Kier alpha value is -3.73. The summed E-state index contributed by atoms with van der Waals surface area (Å²) in [5, 5.41) is 2.75. The molecule has 1 aliphatic rings. The minimum absolute atomic E-state index is 0.0151. The van der Waals surface area contributed by atoms with Crippen molar-refractivity contribution in [2.75, 3.05) is 39.0 Å². The zero-order chi connectivity index (χ0) is 28.3. The highest BCUT2D eigenvalue weighted by Crippen LogP contribution is 2.39. The van der Waals surface area contributed by atoms with E-state index in [1.54, 1.807) is 37.0 Å². The summed E-state index contributed by atoms with van der Waals surface area (Å²) >= 11 is 0. The first-order valence-electron chi connectivity index (χ1n) is 12.9. The molecule has 11 heteroatoms. The average Bonchev–Trinajstić information content (AvgIpc) is 3.02. The fourth-order valence-corrected chi connectivity index (χ4v) is 4.96. The number of carbonyl (C=O) groups excluding carboxylic acids is 2. The minimum atomic E-state index is -4.63. The lowest BCUT2D eigenvalue weighted by molar-refractivity contribution is -0.136. The van der Waals surface area contributed by atoms with E-state index < -0.39 is 23.7 Å². The van der Waals surface area contributed by atoms with E-state index in [1.807, 2.05) is 19.0 Å². The van der Waals surface area contributed by atoms with Crippen LogP contribution in [0.2, 0.25) is 0 Å². The van der Waals surface area contributed by atoms with Crippen molar-refractivity contribution in [3.8, 4) is 0 Å². The van der Waals surface area contributed by atoms with Crippen LogP contribution in [0.25, 0.3) is 11.0 Å². The topological polar surface area (TPSA) is 83.4 Å². The van der Waals surface area contributed by atoms with Crippen LogP contribution >= 0.6 is 0 Å². The summed E-state index contributed by atoms with van der Waals surface area (Å²) in [6.45, 7) is 4.81. The van der Waals surface area contributed by atoms with Crippen molar-refractivity contribution >= 4 is 28.8 Å². The lowest BCUT2D eigenvalue weighted by Crippen LogP contribution is -2.35. The Morgan fingerprint density at radius 1 is 1.13 bits per heavy atom. The van der Waals surface area contributed by atoms with Gasteiger partial charge in [0.25, 0.3) is 5.91 Å². The van der Waals surface area contributed by atoms with Crippen molar-refractivity contribution in [1.82, 2.24) is 24.3 Å². The fourth-order valence-electron chi connectivity index (χ4n) is 4.96. The van der Waals surface area contributed by atoms with Crippen molar-refractivity contribution in [3.63, 3.8) is 0 Å². The van der Waals surface area contributed by atoms with Crippen LogP contribution in [-0.4, -0.2) is 69.9 Å². The molecule has 1 unspecified atom stereocenters. The highest BCUT2D eigenvalue weighted by molar-refractivity contribution is 6.04. The van der Waals surface area contributed by atoms with E-state index in [1.165, 1.54) is 22.8 Å². The van der Waals surface area contributed by atoms with Crippen molar-refractivity contribution in [1.29, 1.82) is 0 Å². The third-order valence-corrected chi connectivity index (χ3v) is 6.64. The van der Waals surface area contributed by atoms with E-state index in [0.717, 1.165) is 12.5 Å². The molecule has 4 rings (SSSR count). The van der Waals surface area contributed by atoms with Gasteiger partial charge in [-0.2, -0.15) is 13.2 Å². The summed E-state index contributed by atoms with van der Waals surface area (Å²) in [4.78, 5) is 38.5. The number of imidazole rings is 1. The molecule has 3 heterocycles. The molecule has 1 atom stereocenters. The number of aryl methyl sites for hydroxylation is 2. The Balaban J connectivity index is 1.78. The second-order valence-corrected chi connectivity index (χ2v) is 10.2. The van der Waals surface area contributed by atoms with Crippen LogP contribution in [0.3, 0.4) is 0 Å². The van der Waals surface area contributed by atoms with E-state index in [9.17, 15) is 22.8 Å². The molecule has 3 aromatic rings. The molecule has 1 N–H and O–H groups in total. The van der Waals surface area contributed by atoms with Crippen molar-refractivity contribution < 1.29 is 22.8 Å². The Bertz CT molecular complexity index is 1380. The fraction of sp³-hybridized carbons (Fsp3) is 0.429. The molecule has 0 saturated carbocycles. The van der Waals surface area contributed by atoms with E-state index in [-0.39, 0.29) is 29.4 Å². The molecular weight excluding hydrogens is 509 g/mol. The summed E-state index contributed by atoms with van der Waals surface area (Å²) in [6.07, 6.45) is 0.596. The number of carbonyl (C=O) groups is 2. The van der Waals surface area contributed by atoms with Crippen molar-refractivity contribution in [2.24, 2.45) is 0 Å². The van der Waals surface area contributed by atoms with Gasteiger partial charge in [-0.1, -0.05) is 12.1 Å². The van der Waals surface area contributed by atoms with Gasteiger partial charge >= 0.3 is 6.18 Å². The third kappa shape index (κ3) is 6.65. The van der Waals surface area contributed by atoms with Gasteiger partial charge in [0.15, 0.2) is 0 Å². The molecule has 1 aliphatic heterocycles. The number of hydrogen-bond donors (Lipinski definition) is 1. The van der Waals surface area contributed by atoms with Crippen LogP contribution in [0.4, 0.5) is 19.1 Å². The number of likely N-dealkylation sites (N-methyl/N-ethyl adjacent to an activating group) is 1. The van der Waals surface area contributed by atoms with E-state index in [0.29, 0.717) is 42.9 Å². The standard InChI is InChI=1S/C28H33F3N6O2/c1-18-15-20(16-19(2)32-18)26(39)34-27-33-23-11-7-10-22(28(29,30)31)25(23)37(27)21-9-5-6-14-36(17-21)24(38)12-8-13-35(3)4/h7-8,10-12,15-16,21H,5-6,9,13-14,17H2,1-4H3,(H,33,34,39)/b12-8+. The first-order chi connectivity index (χ1) is 18.4. The first-order valence-corrected chi connectivity index (χ1v) is 12.9. The smallest absolute Gasteiger partial charge is 0.337 e. The molecule has 1 saturated heterocycles. The number of nitrogens with one attached hydrogen (secondary N) is 1. The number of nitrogens with zero attached hydrogens (tertiary/aromatic N) is 5. The normalized spacial score (nSPS) is 16.7. The number of fused-ring (bicyclic) bond motifs is 1. The molecule has 8 nitrogen and oxygen atoms in total. The molecular formula is C28H33F3N6O2. The second-order valence-electron chi connectivity index (χ2n) is 10.2. The number of anilines is 1. The van der Waals surface area contributed by atoms with E-state index in [2.05, 4.69) is 15.3 Å². The Kier molecular flexibility index (Phi) is 8.39. The van der Waals surface area contributed by atoms with Crippen LogP contribution < -0.4 is 5.32 Å². The number of rotatable bonds is 6. The number of para-hydroxylation sites is 1. The van der Waals surface area contributed by atoms with E-state index in [4.69, 9.17) is 0 Å². The predicted molar refractivity (Wildman–Crippen MR) is 144 cm³/mol. The zero-order valence-electron chi connectivity index (χ0n) is 22.5. The monoisotopic (exact) mass is 542 g/mol. The predicted octanol–water partition coefficient (Wildman–Crippen LogP) is 4.99. The number of aromatic nitrogens is 3. The van der Waals surface area contributed by atoms with Gasteiger partial charge in [0, 0.05) is 42.7 Å². The largest absolute Gasteiger partial charge is 0.418 e.